The van der Waals surface area contributed by atoms with Crippen LogP contribution >= 0.6 is 0 Å². The van der Waals surface area contributed by atoms with Crippen LogP contribution in [0.25, 0.3) is 0 Å². The monoisotopic (exact) mass is 287 g/mol. The predicted molar refractivity (Wildman–Crippen MR) is 84.4 cm³/mol. The molecule has 1 aromatic carbocycles. The van der Waals surface area contributed by atoms with E-state index in [0.29, 0.717) is 25.1 Å². The van der Waals surface area contributed by atoms with Gasteiger partial charge in [-0.05, 0) is 37.5 Å². The van der Waals surface area contributed by atoms with Crippen molar-refractivity contribution >= 4 is 5.91 Å². The summed E-state index contributed by atoms with van der Waals surface area (Å²) in [7, 11) is 0. The van der Waals surface area contributed by atoms with E-state index in [4.69, 9.17) is 11.0 Å². The van der Waals surface area contributed by atoms with Crippen LogP contribution in [0.15, 0.2) is 24.3 Å². The van der Waals surface area contributed by atoms with Gasteiger partial charge in [0, 0.05) is 13.1 Å². The van der Waals surface area contributed by atoms with E-state index in [2.05, 4.69) is 6.07 Å². The average Bonchev–Trinajstić information content (AvgIpc) is 2.46. The molecule has 1 aromatic rings. The second kappa shape index (κ2) is 7.80. The zero-order valence-electron chi connectivity index (χ0n) is 13.2. The molecule has 4 heteroatoms. The van der Waals surface area contributed by atoms with Gasteiger partial charge in [0.15, 0.2) is 0 Å². The smallest absolute Gasteiger partial charge is 0.242 e. The lowest BCUT2D eigenvalue weighted by atomic mass is 9.95. The minimum Gasteiger partial charge on any atom is -0.337 e. The first-order valence-electron chi connectivity index (χ1n) is 7.52. The molecule has 4 nitrogen and oxygen atoms in total. The second-order valence-electron chi connectivity index (χ2n) is 5.70. The first-order valence-corrected chi connectivity index (χ1v) is 7.52. The minimum absolute atomic E-state index is 0.00411. The van der Waals surface area contributed by atoms with E-state index in [0.717, 1.165) is 18.4 Å². The van der Waals surface area contributed by atoms with Gasteiger partial charge in [-0.25, -0.2) is 0 Å². The van der Waals surface area contributed by atoms with Gasteiger partial charge in [0.2, 0.25) is 5.91 Å². The lowest BCUT2D eigenvalue weighted by Crippen LogP contribution is -2.53. The van der Waals surface area contributed by atoms with Crippen LogP contribution in [0.2, 0.25) is 0 Å². The van der Waals surface area contributed by atoms with E-state index in [1.807, 2.05) is 30.9 Å². The highest BCUT2D eigenvalue weighted by Gasteiger charge is 2.31. The maximum atomic E-state index is 12.6. The quantitative estimate of drug-likeness (QED) is 0.838. The van der Waals surface area contributed by atoms with Crippen molar-refractivity contribution in [3.8, 4) is 6.07 Å². The van der Waals surface area contributed by atoms with Gasteiger partial charge in [-0.15, -0.1) is 0 Å². The lowest BCUT2D eigenvalue weighted by molar-refractivity contribution is -0.137. The molecule has 0 aliphatic rings. The molecule has 1 rings (SSSR count). The molecule has 0 saturated carbocycles. The van der Waals surface area contributed by atoms with Crippen molar-refractivity contribution in [2.75, 3.05) is 6.54 Å². The molecule has 2 N–H and O–H groups in total. The Bertz CT molecular complexity index is 500. The summed E-state index contributed by atoms with van der Waals surface area (Å²) in [5.74, 6) is -0.00411. The first-order chi connectivity index (χ1) is 9.94. The van der Waals surface area contributed by atoms with Crippen LogP contribution in [0.4, 0.5) is 0 Å². The van der Waals surface area contributed by atoms with Crippen LogP contribution in [-0.2, 0) is 11.3 Å². The molecule has 114 valence electrons. The van der Waals surface area contributed by atoms with Gasteiger partial charge >= 0.3 is 0 Å². The van der Waals surface area contributed by atoms with Gasteiger partial charge in [0.05, 0.1) is 17.2 Å². The van der Waals surface area contributed by atoms with Crippen molar-refractivity contribution < 1.29 is 4.79 Å². The number of hydrogen-bond acceptors (Lipinski definition) is 3. The van der Waals surface area contributed by atoms with Crippen molar-refractivity contribution in [2.24, 2.45) is 5.73 Å². The molecule has 0 radical (unpaired) electrons. The number of benzene rings is 1. The maximum Gasteiger partial charge on any atom is 0.242 e. The molecule has 1 unspecified atom stereocenters. The summed E-state index contributed by atoms with van der Waals surface area (Å²) < 4.78 is 0. The van der Waals surface area contributed by atoms with Crippen LogP contribution < -0.4 is 5.73 Å². The fraction of sp³-hybridized carbons (Fsp3) is 0.529. The highest BCUT2D eigenvalue weighted by atomic mass is 16.2. The summed E-state index contributed by atoms with van der Waals surface area (Å²) in [6, 6.07) is 9.43. The van der Waals surface area contributed by atoms with Crippen molar-refractivity contribution in [1.29, 1.82) is 5.26 Å². The van der Waals surface area contributed by atoms with E-state index in [-0.39, 0.29) is 5.91 Å². The van der Waals surface area contributed by atoms with Crippen molar-refractivity contribution in [3.63, 3.8) is 0 Å². The number of carbonyl (C=O) groups excluding carboxylic acids is 1. The molecule has 0 heterocycles. The van der Waals surface area contributed by atoms with E-state index in [9.17, 15) is 4.79 Å². The molecule has 0 saturated heterocycles. The topological polar surface area (TPSA) is 70.1 Å². The second-order valence-corrected chi connectivity index (χ2v) is 5.70. The largest absolute Gasteiger partial charge is 0.337 e. The van der Waals surface area contributed by atoms with E-state index in [1.54, 1.807) is 19.1 Å². The third kappa shape index (κ3) is 4.87. The Morgan fingerprint density at radius 2 is 1.90 bits per heavy atom. The third-order valence-electron chi connectivity index (χ3n) is 3.50. The number of nitrogens with zero attached hydrogens (tertiary/aromatic N) is 2. The first kappa shape index (κ1) is 17.2. The Kier molecular flexibility index (Phi) is 6.39. The molecular weight excluding hydrogens is 262 g/mol. The Labute approximate surface area is 127 Å². The average molecular weight is 287 g/mol. The van der Waals surface area contributed by atoms with Crippen LogP contribution in [0.3, 0.4) is 0 Å². The Morgan fingerprint density at radius 1 is 1.29 bits per heavy atom. The predicted octanol–water partition coefficient (Wildman–Crippen LogP) is 2.81. The normalized spacial score (nSPS) is 13.3. The highest BCUT2D eigenvalue weighted by molar-refractivity contribution is 5.85. The van der Waals surface area contributed by atoms with Crippen molar-refractivity contribution in [3.05, 3.63) is 35.4 Å². The maximum absolute atomic E-state index is 12.6. The highest BCUT2D eigenvalue weighted by Crippen LogP contribution is 2.16. The van der Waals surface area contributed by atoms with Gasteiger partial charge < -0.3 is 10.6 Å². The summed E-state index contributed by atoms with van der Waals surface area (Å²) in [4.78, 5) is 14.4. The summed E-state index contributed by atoms with van der Waals surface area (Å²) in [5.41, 5.74) is 7.00. The summed E-state index contributed by atoms with van der Waals surface area (Å²) >= 11 is 0. The van der Waals surface area contributed by atoms with Crippen LogP contribution in [-0.4, -0.2) is 22.9 Å². The number of carbonyl (C=O) groups is 1. The summed E-state index contributed by atoms with van der Waals surface area (Å²) in [5, 5.41) is 8.82. The van der Waals surface area contributed by atoms with Gasteiger partial charge in [-0.3, -0.25) is 4.79 Å². The molecule has 1 atom stereocenters. The number of nitriles is 1. The molecule has 0 spiro atoms. The molecule has 0 aliphatic heterocycles. The van der Waals surface area contributed by atoms with Crippen LogP contribution in [0.5, 0.6) is 0 Å². The van der Waals surface area contributed by atoms with Crippen molar-refractivity contribution in [2.45, 2.75) is 52.1 Å². The molecule has 0 aromatic heterocycles. The van der Waals surface area contributed by atoms with Gasteiger partial charge in [-0.1, -0.05) is 32.4 Å². The Morgan fingerprint density at radius 3 is 2.38 bits per heavy atom. The number of amides is 1. The zero-order chi connectivity index (χ0) is 15.9. The van der Waals surface area contributed by atoms with E-state index < -0.39 is 5.54 Å². The Balaban J connectivity index is 2.86. The molecular formula is C17H25N3O. The van der Waals surface area contributed by atoms with E-state index >= 15 is 0 Å². The molecule has 1 amide bonds. The molecule has 0 bridgehead atoms. The van der Waals surface area contributed by atoms with E-state index in [1.165, 1.54) is 0 Å². The lowest BCUT2D eigenvalue weighted by Gasteiger charge is -2.31. The van der Waals surface area contributed by atoms with Gasteiger partial charge in [0.1, 0.15) is 0 Å². The summed E-state index contributed by atoms with van der Waals surface area (Å²) in [6.07, 6.45) is 2.46. The summed E-state index contributed by atoms with van der Waals surface area (Å²) in [6.45, 7) is 7.11. The molecule has 0 aliphatic carbocycles. The van der Waals surface area contributed by atoms with Gasteiger partial charge in [-0.2, -0.15) is 5.26 Å². The third-order valence-corrected chi connectivity index (χ3v) is 3.50. The number of rotatable bonds is 7. The fourth-order valence-electron chi connectivity index (χ4n) is 2.41. The minimum atomic E-state index is -0.809. The molecule has 21 heavy (non-hydrogen) atoms. The van der Waals surface area contributed by atoms with Crippen LogP contribution in [0, 0.1) is 11.3 Å². The standard InChI is InChI=1S/C17H25N3O/c1-4-10-17(3,19)16(21)20(11-5-2)13-15-8-6-14(12-18)7-9-15/h6-9H,4-5,10-11,13,19H2,1-3H3. The number of hydrogen-bond donors (Lipinski definition) is 1. The number of nitrogens with two attached hydrogens (primary N) is 1. The van der Waals surface area contributed by atoms with Crippen LogP contribution in [0.1, 0.15) is 51.2 Å². The SMILES string of the molecule is CCCN(Cc1ccc(C#N)cc1)C(=O)C(C)(N)CCC. The fourth-order valence-corrected chi connectivity index (χ4v) is 2.41. The van der Waals surface area contributed by atoms with Gasteiger partial charge in [0.25, 0.3) is 0 Å². The zero-order valence-corrected chi connectivity index (χ0v) is 13.2. The Hall–Kier alpha value is -1.86. The molecule has 0 fully saturated rings. The van der Waals surface area contributed by atoms with Crippen molar-refractivity contribution in [1.82, 2.24) is 4.90 Å².